The fourth-order valence-electron chi connectivity index (χ4n) is 2.76. The van der Waals surface area contributed by atoms with Gasteiger partial charge in [-0.25, -0.2) is 0 Å². The van der Waals surface area contributed by atoms with E-state index in [2.05, 4.69) is 29.4 Å². The summed E-state index contributed by atoms with van der Waals surface area (Å²) in [5, 5.41) is 6.51. The van der Waals surface area contributed by atoms with Crippen LogP contribution in [0.15, 0.2) is 0 Å². The van der Waals surface area contributed by atoms with Gasteiger partial charge in [0.1, 0.15) is 0 Å². The molecule has 1 aliphatic rings. The van der Waals surface area contributed by atoms with Crippen LogP contribution in [0.5, 0.6) is 0 Å². The number of hydrogen-bond acceptors (Lipinski definition) is 4. The molecule has 1 aliphatic heterocycles. The van der Waals surface area contributed by atoms with E-state index in [-0.39, 0.29) is 11.9 Å². The van der Waals surface area contributed by atoms with Crippen molar-refractivity contribution in [2.75, 3.05) is 39.9 Å². The average Bonchev–Trinajstić information content (AvgIpc) is 2.49. The summed E-state index contributed by atoms with van der Waals surface area (Å²) in [5.74, 6) is 0.800. The maximum Gasteiger partial charge on any atom is 0.237 e. The van der Waals surface area contributed by atoms with Crippen LogP contribution in [0.25, 0.3) is 0 Å². The Hall–Kier alpha value is -0.650. The van der Waals surface area contributed by atoms with Gasteiger partial charge in [0.15, 0.2) is 0 Å². The molecule has 2 N–H and O–H groups in total. The quantitative estimate of drug-likeness (QED) is 0.629. The van der Waals surface area contributed by atoms with Crippen molar-refractivity contribution in [3.05, 3.63) is 0 Å². The Bertz CT molecular complexity index is 297. The number of piperidine rings is 1. The third-order valence-corrected chi connectivity index (χ3v) is 4.12. The van der Waals surface area contributed by atoms with Crippen molar-refractivity contribution in [1.82, 2.24) is 15.5 Å². The molecule has 0 spiro atoms. The second kappa shape index (κ2) is 10.1. The highest BCUT2D eigenvalue weighted by atomic mass is 16.5. The summed E-state index contributed by atoms with van der Waals surface area (Å²) in [6.45, 7) is 10.9. The van der Waals surface area contributed by atoms with Gasteiger partial charge in [0.2, 0.25) is 5.91 Å². The first-order valence-electron chi connectivity index (χ1n) is 8.28. The molecule has 1 heterocycles. The number of methoxy groups -OCH3 is 1. The molecule has 1 rings (SSSR count). The van der Waals surface area contributed by atoms with Crippen molar-refractivity contribution >= 4 is 5.91 Å². The fraction of sp³-hybridized carbons (Fsp3) is 0.938. The molecule has 0 saturated carbocycles. The van der Waals surface area contributed by atoms with E-state index in [0.29, 0.717) is 25.1 Å². The zero-order valence-electron chi connectivity index (χ0n) is 14.2. The molecule has 1 fully saturated rings. The predicted octanol–water partition coefficient (Wildman–Crippen LogP) is 1.24. The summed E-state index contributed by atoms with van der Waals surface area (Å²) < 4.78 is 4.99. The lowest BCUT2D eigenvalue weighted by atomic mass is 9.96. The van der Waals surface area contributed by atoms with Crippen molar-refractivity contribution in [3.63, 3.8) is 0 Å². The first-order valence-corrected chi connectivity index (χ1v) is 8.28. The molecule has 21 heavy (non-hydrogen) atoms. The second-order valence-corrected chi connectivity index (χ2v) is 6.38. The maximum atomic E-state index is 12.2. The molecular weight excluding hydrogens is 266 g/mol. The van der Waals surface area contributed by atoms with Gasteiger partial charge >= 0.3 is 0 Å². The summed E-state index contributed by atoms with van der Waals surface area (Å²) >= 11 is 0. The molecule has 124 valence electrons. The van der Waals surface area contributed by atoms with E-state index in [1.165, 1.54) is 12.8 Å². The number of carbonyl (C=O) groups excluding carboxylic acids is 1. The fourth-order valence-corrected chi connectivity index (χ4v) is 2.76. The summed E-state index contributed by atoms with van der Waals surface area (Å²) in [6.07, 6.45) is 3.32. The van der Waals surface area contributed by atoms with Crippen LogP contribution in [0.4, 0.5) is 0 Å². The van der Waals surface area contributed by atoms with E-state index in [0.717, 1.165) is 26.1 Å². The Labute approximate surface area is 129 Å². The molecule has 5 heteroatoms. The van der Waals surface area contributed by atoms with Gasteiger partial charge in [-0.2, -0.15) is 0 Å². The van der Waals surface area contributed by atoms with Crippen molar-refractivity contribution in [1.29, 1.82) is 0 Å². The van der Waals surface area contributed by atoms with E-state index in [1.807, 2.05) is 6.92 Å². The number of nitrogens with one attached hydrogen (secondary N) is 2. The van der Waals surface area contributed by atoms with E-state index < -0.39 is 0 Å². The van der Waals surface area contributed by atoms with Crippen LogP contribution in [0.3, 0.4) is 0 Å². The normalized spacial score (nSPS) is 21.5. The van der Waals surface area contributed by atoms with Gasteiger partial charge in [0.25, 0.3) is 0 Å². The van der Waals surface area contributed by atoms with Gasteiger partial charge in [-0.15, -0.1) is 0 Å². The van der Waals surface area contributed by atoms with Gasteiger partial charge in [0.05, 0.1) is 6.04 Å². The predicted molar refractivity (Wildman–Crippen MR) is 86.4 cm³/mol. The second-order valence-electron chi connectivity index (χ2n) is 6.38. The van der Waals surface area contributed by atoms with Gasteiger partial charge in [0, 0.05) is 32.8 Å². The summed E-state index contributed by atoms with van der Waals surface area (Å²) in [7, 11) is 1.68. The minimum Gasteiger partial charge on any atom is -0.385 e. The minimum absolute atomic E-state index is 0.0330. The average molecular weight is 299 g/mol. The molecule has 0 aromatic rings. The molecule has 1 saturated heterocycles. The molecule has 1 amide bonds. The topological polar surface area (TPSA) is 53.6 Å². The third kappa shape index (κ3) is 7.25. The standard InChI is InChI=1S/C16H33N3O2/c1-13(2)18-11-15-7-5-9-19(12-15)14(3)16(20)17-8-6-10-21-4/h13-15,18H,5-12H2,1-4H3,(H,17,20). The van der Waals surface area contributed by atoms with E-state index in [4.69, 9.17) is 4.74 Å². The van der Waals surface area contributed by atoms with Gasteiger partial charge in [-0.1, -0.05) is 13.8 Å². The Kier molecular flexibility index (Phi) is 8.88. The van der Waals surface area contributed by atoms with E-state index in [9.17, 15) is 4.79 Å². The number of likely N-dealkylation sites (tertiary alicyclic amines) is 1. The number of rotatable bonds is 9. The van der Waals surface area contributed by atoms with Crippen LogP contribution in [0.1, 0.15) is 40.0 Å². The van der Waals surface area contributed by atoms with E-state index in [1.54, 1.807) is 7.11 Å². The monoisotopic (exact) mass is 299 g/mol. The molecule has 0 aromatic heterocycles. The SMILES string of the molecule is COCCCNC(=O)C(C)N1CCCC(CNC(C)C)C1. The lowest BCUT2D eigenvalue weighted by molar-refractivity contribution is -0.126. The van der Waals surface area contributed by atoms with Crippen LogP contribution in [0.2, 0.25) is 0 Å². The van der Waals surface area contributed by atoms with E-state index >= 15 is 0 Å². The Morgan fingerprint density at radius 1 is 1.38 bits per heavy atom. The van der Waals surface area contributed by atoms with Crippen LogP contribution >= 0.6 is 0 Å². The molecule has 5 nitrogen and oxygen atoms in total. The number of hydrogen-bond donors (Lipinski definition) is 2. The highest BCUT2D eigenvalue weighted by molar-refractivity contribution is 5.81. The Balaban J connectivity index is 2.31. The highest BCUT2D eigenvalue weighted by Gasteiger charge is 2.27. The van der Waals surface area contributed by atoms with Gasteiger partial charge < -0.3 is 15.4 Å². The molecule has 2 unspecified atom stereocenters. The molecule has 0 radical (unpaired) electrons. The summed E-state index contributed by atoms with van der Waals surface area (Å²) in [6, 6.07) is 0.497. The summed E-state index contributed by atoms with van der Waals surface area (Å²) in [5.41, 5.74) is 0. The number of nitrogens with zero attached hydrogens (tertiary/aromatic N) is 1. The maximum absolute atomic E-state index is 12.2. The first-order chi connectivity index (χ1) is 10.0. The zero-order chi connectivity index (χ0) is 15.7. The van der Waals surface area contributed by atoms with Crippen molar-refractivity contribution in [2.45, 2.75) is 52.1 Å². The Morgan fingerprint density at radius 3 is 2.81 bits per heavy atom. The van der Waals surface area contributed by atoms with Crippen molar-refractivity contribution < 1.29 is 9.53 Å². The molecule has 0 bridgehead atoms. The largest absolute Gasteiger partial charge is 0.385 e. The minimum atomic E-state index is -0.0330. The van der Waals surface area contributed by atoms with Crippen molar-refractivity contribution in [2.24, 2.45) is 5.92 Å². The number of carbonyl (C=O) groups is 1. The van der Waals surface area contributed by atoms with Crippen molar-refractivity contribution in [3.8, 4) is 0 Å². The molecule has 0 aliphatic carbocycles. The lowest BCUT2D eigenvalue weighted by Crippen LogP contribution is -2.50. The molecule has 0 aromatic carbocycles. The first kappa shape index (κ1) is 18.4. The van der Waals surface area contributed by atoms with Crippen LogP contribution in [-0.4, -0.2) is 62.8 Å². The molecular formula is C16H33N3O2. The van der Waals surface area contributed by atoms with Gasteiger partial charge in [-0.3, -0.25) is 9.69 Å². The Morgan fingerprint density at radius 2 is 2.14 bits per heavy atom. The lowest BCUT2D eigenvalue weighted by Gasteiger charge is -2.36. The smallest absolute Gasteiger partial charge is 0.237 e. The summed E-state index contributed by atoms with van der Waals surface area (Å²) in [4.78, 5) is 14.5. The zero-order valence-corrected chi connectivity index (χ0v) is 14.2. The van der Waals surface area contributed by atoms with Gasteiger partial charge in [-0.05, 0) is 45.2 Å². The third-order valence-electron chi connectivity index (χ3n) is 4.12. The molecule has 2 atom stereocenters. The van der Waals surface area contributed by atoms with Crippen LogP contribution < -0.4 is 10.6 Å². The van der Waals surface area contributed by atoms with Crippen LogP contribution in [0, 0.1) is 5.92 Å². The van der Waals surface area contributed by atoms with Crippen LogP contribution in [-0.2, 0) is 9.53 Å². The number of ether oxygens (including phenoxy) is 1. The number of amides is 1. The highest BCUT2D eigenvalue weighted by Crippen LogP contribution is 2.18.